The molecule has 0 bridgehead atoms. The molecule has 1 aromatic rings. The second kappa shape index (κ2) is 6.00. The summed E-state index contributed by atoms with van der Waals surface area (Å²) in [7, 11) is 0. The van der Waals surface area contributed by atoms with Crippen molar-refractivity contribution in [1.82, 2.24) is 4.98 Å². The lowest BCUT2D eigenvalue weighted by Gasteiger charge is -2.25. The van der Waals surface area contributed by atoms with Gasteiger partial charge in [-0.1, -0.05) is 30.9 Å². The summed E-state index contributed by atoms with van der Waals surface area (Å²) in [6.07, 6.45) is 5.69. The van der Waals surface area contributed by atoms with Gasteiger partial charge in [-0.3, -0.25) is 10.1 Å². The largest absolute Gasteiger partial charge is 0.351 e. The van der Waals surface area contributed by atoms with Gasteiger partial charge < -0.3 is 4.90 Å². The quantitative estimate of drug-likeness (QED) is 0.469. The van der Waals surface area contributed by atoms with Crippen LogP contribution in [0.3, 0.4) is 0 Å². The number of nitro groups is 1. The van der Waals surface area contributed by atoms with Gasteiger partial charge in [0.25, 0.3) is 0 Å². The molecule has 5 nitrogen and oxygen atoms in total. The molecule has 0 aliphatic carbocycles. The van der Waals surface area contributed by atoms with Crippen LogP contribution in [0.2, 0.25) is 5.15 Å². The molecule has 1 aliphatic rings. The molecular weight excluding hydrogens is 254 g/mol. The summed E-state index contributed by atoms with van der Waals surface area (Å²) in [5.41, 5.74) is 0.0416. The maximum Gasteiger partial charge on any atom is 0.311 e. The van der Waals surface area contributed by atoms with E-state index >= 15 is 0 Å². The summed E-state index contributed by atoms with van der Waals surface area (Å²) in [6, 6.07) is 2.90. The van der Waals surface area contributed by atoms with E-state index in [1.54, 1.807) is 0 Å². The maximum atomic E-state index is 11.0. The Kier molecular flexibility index (Phi) is 4.36. The Bertz CT molecular complexity index is 431. The molecule has 1 aliphatic heterocycles. The number of anilines is 1. The molecular formula is C12H16ClN3O2. The van der Waals surface area contributed by atoms with Crippen LogP contribution in [0.5, 0.6) is 0 Å². The fourth-order valence-corrected chi connectivity index (χ4v) is 2.40. The lowest BCUT2D eigenvalue weighted by Crippen LogP contribution is -2.28. The molecule has 0 spiro atoms. The molecule has 1 saturated heterocycles. The van der Waals surface area contributed by atoms with Crippen molar-refractivity contribution in [3.63, 3.8) is 0 Å². The fourth-order valence-electron chi connectivity index (χ4n) is 2.25. The predicted octanol–water partition coefficient (Wildman–Crippen LogP) is 3.41. The Balaban J connectivity index is 2.28. The molecule has 0 N–H and O–H groups in total. The van der Waals surface area contributed by atoms with Gasteiger partial charge in [-0.2, -0.15) is 0 Å². The van der Waals surface area contributed by atoms with Gasteiger partial charge >= 0.3 is 5.69 Å². The Morgan fingerprint density at radius 2 is 1.78 bits per heavy atom. The minimum Gasteiger partial charge on any atom is -0.351 e. The molecule has 18 heavy (non-hydrogen) atoms. The van der Waals surface area contributed by atoms with E-state index in [2.05, 4.69) is 4.98 Å². The predicted molar refractivity (Wildman–Crippen MR) is 71.2 cm³/mol. The highest BCUT2D eigenvalue weighted by molar-refractivity contribution is 6.29. The first-order chi connectivity index (χ1) is 8.68. The van der Waals surface area contributed by atoms with Crippen LogP contribution < -0.4 is 4.90 Å². The van der Waals surface area contributed by atoms with Gasteiger partial charge in [0.2, 0.25) is 5.82 Å². The van der Waals surface area contributed by atoms with E-state index in [1.165, 1.54) is 31.4 Å². The molecule has 0 aromatic carbocycles. The monoisotopic (exact) mass is 269 g/mol. The minimum absolute atomic E-state index is 0.0416. The number of halogens is 1. The summed E-state index contributed by atoms with van der Waals surface area (Å²) in [4.78, 5) is 16.8. The van der Waals surface area contributed by atoms with Crippen molar-refractivity contribution in [2.24, 2.45) is 0 Å². The Morgan fingerprint density at radius 1 is 1.17 bits per heavy atom. The van der Waals surface area contributed by atoms with Crippen LogP contribution in [0.4, 0.5) is 11.5 Å². The second-order valence-electron chi connectivity index (χ2n) is 4.49. The van der Waals surface area contributed by atoms with E-state index in [1.807, 2.05) is 4.90 Å². The maximum absolute atomic E-state index is 11.0. The number of pyridine rings is 1. The zero-order valence-electron chi connectivity index (χ0n) is 10.1. The van der Waals surface area contributed by atoms with E-state index in [9.17, 15) is 10.1 Å². The van der Waals surface area contributed by atoms with Crippen molar-refractivity contribution >= 4 is 23.1 Å². The van der Waals surface area contributed by atoms with Crippen molar-refractivity contribution < 1.29 is 4.92 Å². The smallest absolute Gasteiger partial charge is 0.311 e. The molecule has 0 atom stereocenters. The van der Waals surface area contributed by atoms with Gasteiger partial charge in [-0.25, -0.2) is 4.98 Å². The van der Waals surface area contributed by atoms with Crippen LogP contribution in [-0.4, -0.2) is 23.0 Å². The van der Waals surface area contributed by atoms with Gasteiger partial charge in [-0.05, 0) is 18.9 Å². The molecule has 0 saturated carbocycles. The van der Waals surface area contributed by atoms with E-state index in [4.69, 9.17) is 11.6 Å². The first-order valence-electron chi connectivity index (χ1n) is 6.24. The zero-order valence-corrected chi connectivity index (χ0v) is 10.9. The van der Waals surface area contributed by atoms with Crippen LogP contribution in [-0.2, 0) is 0 Å². The van der Waals surface area contributed by atoms with Gasteiger partial charge in [0, 0.05) is 19.2 Å². The van der Waals surface area contributed by atoms with Crippen LogP contribution >= 0.6 is 11.6 Å². The highest BCUT2D eigenvalue weighted by Gasteiger charge is 2.21. The SMILES string of the molecule is O=[N+]([O-])c1ccc(Cl)nc1N1CCCCCCC1. The summed E-state index contributed by atoms with van der Waals surface area (Å²) in [5.74, 6) is 0.411. The summed E-state index contributed by atoms with van der Waals surface area (Å²) < 4.78 is 0. The molecule has 0 unspecified atom stereocenters. The third-order valence-corrected chi connectivity index (χ3v) is 3.38. The van der Waals surface area contributed by atoms with E-state index in [-0.39, 0.29) is 5.69 Å². The third kappa shape index (κ3) is 3.10. The van der Waals surface area contributed by atoms with Crippen LogP contribution in [0.1, 0.15) is 32.1 Å². The summed E-state index contributed by atoms with van der Waals surface area (Å²) >= 11 is 5.85. The van der Waals surface area contributed by atoms with Crippen molar-refractivity contribution in [2.75, 3.05) is 18.0 Å². The number of hydrogen-bond acceptors (Lipinski definition) is 4. The fraction of sp³-hybridized carbons (Fsp3) is 0.583. The molecule has 98 valence electrons. The lowest BCUT2D eigenvalue weighted by molar-refractivity contribution is -0.384. The van der Waals surface area contributed by atoms with Crippen molar-refractivity contribution in [1.29, 1.82) is 0 Å². The minimum atomic E-state index is -0.391. The number of nitrogens with zero attached hydrogens (tertiary/aromatic N) is 3. The molecule has 1 aromatic heterocycles. The van der Waals surface area contributed by atoms with Gasteiger partial charge in [0.15, 0.2) is 0 Å². The van der Waals surface area contributed by atoms with Crippen LogP contribution in [0.25, 0.3) is 0 Å². The standard InChI is InChI=1S/C12H16ClN3O2/c13-11-7-6-10(16(17)18)12(14-11)15-8-4-2-1-3-5-9-15/h6-7H,1-5,8-9H2. The highest BCUT2D eigenvalue weighted by atomic mass is 35.5. The first-order valence-corrected chi connectivity index (χ1v) is 6.62. The molecule has 0 radical (unpaired) electrons. The molecule has 2 rings (SSSR count). The first kappa shape index (κ1) is 13.1. The van der Waals surface area contributed by atoms with E-state index < -0.39 is 4.92 Å². The molecule has 1 fully saturated rings. The normalized spacial score (nSPS) is 17.1. The Labute approximate surface area is 111 Å². The van der Waals surface area contributed by atoms with Gasteiger partial charge in [-0.15, -0.1) is 0 Å². The Hall–Kier alpha value is -1.36. The van der Waals surface area contributed by atoms with Gasteiger partial charge in [0.05, 0.1) is 4.92 Å². The molecule has 0 amide bonds. The van der Waals surface area contributed by atoms with Crippen molar-refractivity contribution in [3.8, 4) is 0 Å². The number of aromatic nitrogens is 1. The number of rotatable bonds is 2. The second-order valence-corrected chi connectivity index (χ2v) is 4.88. The average Bonchev–Trinajstić information content (AvgIpc) is 2.27. The topological polar surface area (TPSA) is 59.3 Å². The molecule has 6 heteroatoms. The highest BCUT2D eigenvalue weighted by Crippen LogP contribution is 2.29. The third-order valence-electron chi connectivity index (χ3n) is 3.17. The van der Waals surface area contributed by atoms with E-state index in [0.29, 0.717) is 11.0 Å². The van der Waals surface area contributed by atoms with Crippen molar-refractivity contribution in [3.05, 3.63) is 27.4 Å². The average molecular weight is 270 g/mol. The Morgan fingerprint density at radius 3 is 2.39 bits per heavy atom. The zero-order chi connectivity index (χ0) is 13.0. The van der Waals surface area contributed by atoms with Crippen LogP contribution in [0.15, 0.2) is 12.1 Å². The van der Waals surface area contributed by atoms with Gasteiger partial charge in [0.1, 0.15) is 5.15 Å². The molecule has 2 heterocycles. The van der Waals surface area contributed by atoms with Crippen LogP contribution in [0, 0.1) is 10.1 Å². The number of hydrogen-bond donors (Lipinski definition) is 0. The van der Waals surface area contributed by atoms with E-state index in [0.717, 1.165) is 25.9 Å². The summed E-state index contributed by atoms with van der Waals surface area (Å²) in [6.45, 7) is 1.63. The summed E-state index contributed by atoms with van der Waals surface area (Å²) in [5, 5.41) is 11.3. The van der Waals surface area contributed by atoms with Crippen molar-refractivity contribution in [2.45, 2.75) is 32.1 Å². The lowest BCUT2D eigenvalue weighted by atomic mass is 10.1.